The Labute approximate surface area is 108 Å². The Morgan fingerprint density at radius 1 is 1.50 bits per heavy atom. The van der Waals surface area contributed by atoms with Gasteiger partial charge in [0.25, 0.3) is 5.91 Å². The lowest BCUT2D eigenvalue weighted by Crippen LogP contribution is -2.31. The van der Waals surface area contributed by atoms with Crippen LogP contribution in [0.15, 0.2) is 6.20 Å². The minimum absolute atomic E-state index is 0.00254. The van der Waals surface area contributed by atoms with Crippen molar-refractivity contribution in [1.29, 1.82) is 0 Å². The number of nitrogens with one attached hydrogen (secondary N) is 1. The average Bonchev–Trinajstić information content (AvgIpc) is 2.23. The van der Waals surface area contributed by atoms with Crippen molar-refractivity contribution in [2.45, 2.75) is 13.0 Å². The van der Waals surface area contributed by atoms with Crippen LogP contribution in [0.2, 0.25) is 15.1 Å². The number of hydrogen-bond donors (Lipinski definition) is 2. The Balaban J connectivity index is 2.88. The lowest BCUT2D eigenvalue weighted by molar-refractivity contribution is 0.0919. The molecule has 1 amide bonds. The van der Waals surface area contributed by atoms with E-state index in [9.17, 15) is 4.79 Å². The summed E-state index contributed by atoms with van der Waals surface area (Å²) < 4.78 is 0. The highest BCUT2D eigenvalue weighted by molar-refractivity contribution is 6.48. The summed E-state index contributed by atoms with van der Waals surface area (Å²) in [5, 5.41) is 11.7. The third kappa shape index (κ3) is 3.22. The molecule has 1 aromatic heterocycles. The number of nitrogens with zero attached hydrogens (tertiary/aromatic N) is 1. The fraction of sp³-hybridized carbons (Fsp3) is 0.333. The molecular weight excluding hydrogens is 274 g/mol. The van der Waals surface area contributed by atoms with Gasteiger partial charge in [0.1, 0.15) is 5.69 Å². The smallest absolute Gasteiger partial charge is 0.271 e. The topological polar surface area (TPSA) is 62.2 Å². The molecule has 0 radical (unpaired) electrons. The van der Waals surface area contributed by atoms with E-state index in [2.05, 4.69) is 10.3 Å². The van der Waals surface area contributed by atoms with E-state index in [1.807, 2.05) is 0 Å². The highest BCUT2D eigenvalue weighted by atomic mass is 35.5. The molecule has 4 nitrogen and oxygen atoms in total. The van der Waals surface area contributed by atoms with Crippen LogP contribution in [0.5, 0.6) is 0 Å². The van der Waals surface area contributed by atoms with Crippen LogP contribution in [0, 0.1) is 0 Å². The second-order valence-corrected chi connectivity index (χ2v) is 4.30. The molecule has 0 aromatic carbocycles. The standard InChI is InChI=1S/C9H9Cl3N2O2/c1-4(15)2-14-9(16)8-7(12)6(11)5(10)3-13-8/h3-4,15H,2H2,1H3,(H,14,16). The number of rotatable bonds is 3. The van der Waals surface area contributed by atoms with Crippen molar-refractivity contribution in [2.75, 3.05) is 6.54 Å². The van der Waals surface area contributed by atoms with Crippen LogP contribution < -0.4 is 5.32 Å². The van der Waals surface area contributed by atoms with Crippen molar-refractivity contribution in [3.63, 3.8) is 0 Å². The molecule has 0 aliphatic rings. The lowest BCUT2D eigenvalue weighted by Gasteiger charge is -2.08. The van der Waals surface area contributed by atoms with Gasteiger partial charge in [-0.05, 0) is 6.92 Å². The van der Waals surface area contributed by atoms with Crippen LogP contribution in [0.25, 0.3) is 0 Å². The van der Waals surface area contributed by atoms with Gasteiger partial charge in [0, 0.05) is 12.7 Å². The van der Waals surface area contributed by atoms with E-state index in [0.29, 0.717) is 0 Å². The maximum Gasteiger partial charge on any atom is 0.271 e. The number of hydrogen-bond acceptors (Lipinski definition) is 3. The largest absolute Gasteiger partial charge is 0.392 e. The molecule has 16 heavy (non-hydrogen) atoms. The summed E-state index contributed by atoms with van der Waals surface area (Å²) in [4.78, 5) is 15.3. The summed E-state index contributed by atoms with van der Waals surface area (Å²) in [5.41, 5.74) is -0.0169. The molecule has 88 valence electrons. The van der Waals surface area contributed by atoms with E-state index in [1.54, 1.807) is 6.92 Å². The van der Waals surface area contributed by atoms with Crippen molar-refractivity contribution >= 4 is 40.7 Å². The predicted octanol–water partition coefficient (Wildman–Crippen LogP) is 2.15. The van der Waals surface area contributed by atoms with Crippen molar-refractivity contribution in [2.24, 2.45) is 0 Å². The zero-order valence-corrected chi connectivity index (χ0v) is 10.6. The van der Waals surface area contributed by atoms with Gasteiger partial charge in [0.2, 0.25) is 0 Å². The number of amides is 1. The van der Waals surface area contributed by atoms with Gasteiger partial charge in [-0.1, -0.05) is 34.8 Å². The Hall–Kier alpha value is -0.550. The summed E-state index contributed by atoms with van der Waals surface area (Å²) in [6, 6.07) is 0. The summed E-state index contributed by atoms with van der Waals surface area (Å²) >= 11 is 17.2. The van der Waals surface area contributed by atoms with Crippen LogP contribution in [0.1, 0.15) is 17.4 Å². The first-order valence-electron chi connectivity index (χ1n) is 4.39. The van der Waals surface area contributed by atoms with Gasteiger partial charge in [-0.3, -0.25) is 4.79 Å². The summed E-state index contributed by atoms with van der Waals surface area (Å²) in [7, 11) is 0. The molecule has 1 unspecified atom stereocenters. The lowest BCUT2D eigenvalue weighted by atomic mass is 10.3. The Morgan fingerprint density at radius 2 is 2.12 bits per heavy atom. The molecule has 1 aromatic rings. The molecule has 1 heterocycles. The molecule has 0 saturated heterocycles. The van der Waals surface area contributed by atoms with E-state index >= 15 is 0 Å². The molecular formula is C9H9Cl3N2O2. The zero-order chi connectivity index (χ0) is 12.3. The number of aliphatic hydroxyl groups excluding tert-OH is 1. The van der Waals surface area contributed by atoms with Gasteiger partial charge >= 0.3 is 0 Å². The number of carbonyl (C=O) groups excluding carboxylic acids is 1. The van der Waals surface area contributed by atoms with Gasteiger partial charge in [0.05, 0.1) is 21.2 Å². The third-order valence-electron chi connectivity index (χ3n) is 1.69. The van der Waals surface area contributed by atoms with Crippen molar-refractivity contribution < 1.29 is 9.90 Å². The molecule has 0 aliphatic heterocycles. The van der Waals surface area contributed by atoms with Gasteiger partial charge in [-0.15, -0.1) is 0 Å². The summed E-state index contributed by atoms with van der Waals surface area (Å²) in [6.45, 7) is 1.65. The average molecular weight is 284 g/mol. The molecule has 1 atom stereocenters. The second-order valence-electron chi connectivity index (χ2n) is 3.14. The molecule has 0 saturated carbocycles. The van der Waals surface area contributed by atoms with Crippen molar-refractivity contribution in [3.8, 4) is 0 Å². The summed E-state index contributed by atoms with van der Waals surface area (Å²) in [6.07, 6.45) is 0.595. The van der Waals surface area contributed by atoms with E-state index in [4.69, 9.17) is 39.9 Å². The number of pyridine rings is 1. The minimum atomic E-state index is -0.648. The molecule has 1 rings (SSSR count). The normalized spacial score (nSPS) is 12.3. The molecule has 0 fully saturated rings. The van der Waals surface area contributed by atoms with Crippen LogP contribution in [-0.2, 0) is 0 Å². The Kier molecular flexibility index (Phi) is 4.80. The highest BCUT2D eigenvalue weighted by Crippen LogP contribution is 2.30. The first kappa shape index (κ1) is 13.5. The highest BCUT2D eigenvalue weighted by Gasteiger charge is 2.16. The number of aliphatic hydroxyl groups is 1. The quantitative estimate of drug-likeness (QED) is 0.893. The maximum atomic E-state index is 11.6. The van der Waals surface area contributed by atoms with Gasteiger partial charge in [0.15, 0.2) is 0 Å². The summed E-state index contributed by atoms with van der Waals surface area (Å²) in [5.74, 6) is -0.510. The minimum Gasteiger partial charge on any atom is -0.392 e. The molecule has 0 spiro atoms. The number of halogens is 3. The molecule has 0 bridgehead atoms. The monoisotopic (exact) mass is 282 g/mol. The van der Waals surface area contributed by atoms with E-state index in [1.165, 1.54) is 6.20 Å². The first-order chi connectivity index (χ1) is 7.43. The van der Waals surface area contributed by atoms with Crippen LogP contribution >= 0.6 is 34.8 Å². The van der Waals surface area contributed by atoms with E-state index in [0.717, 1.165) is 0 Å². The van der Waals surface area contributed by atoms with E-state index < -0.39 is 12.0 Å². The van der Waals surface area contributed by atoms with Crippen molar-refractivity contribution in [3.05, 3.63) is 27.0 Å². The molecule has 2 N–H and O–H groups in total. The Bertz CT molecular complexity index is 410. The Morgan fingerprint density at radius 3 is 2.69 bits per heavy atom. The SMILES string of the molecule is CC(O)CNC(=O)c1ncc(Cl)c(Cl)c1Cl. The third-order valence-corrected chi connectivity index (χ3v) is 2.93. The van der Waals surface area contributed by atoms with Gasteiger partial charge in [-0.25, -0.2) is 4.98 Å². The fourth-order valence-electron chi connectivity index (χ4n) is 0.926. The van der Waals surface area contributed by atoms with E-state index in [-0.39, 0.29) is 27.3 Å². The molecule has 0 aliphatic carbocycles. The predicted molar refractivity (Wildman–Crippen MR) is 63.3 cm³/mol. The van der Waals surface area contributed by atoms with Gasteiger partial charge < -0.3 is 10.4 Å². The molecule has 7 heteroatoms. The van der Waals surface area contributed by atoms with Crippen LogP contribution in [0.4, 0.5) is 0 Å². The number of carbonyl (C=O) groups is 1. The van der Waals surface area contributed by atoms with Gasteiger partial charge in [-0.2, -0.15) is 0 Å². The second kappa shape index (κ2) is 5.68. The maximum absolute atomic E-state index is 11.6. The van der Waals surface area contributed by atoms with Crippen molar-refractivity contribution in [1.82, 2.24) is 10.3 Å². The van der Waals surface area contributed by atoms with Crippen LogP contribution in [-0.4, -0.2) is 28.6 Å². The first-order valence-corrected chi connectivity index (χ1v) is 5.52. The fourth-order valence-corrected chi connectivity index (χ4v) is 1.49. The number of aromatic nitrogens is 1. The van der Waals surface area contributed by atoms with Crippen LogP contribution in [0.3, 0.4) is 0 Å². The zero-order valence-electron chi connectivity index (χ0n) is 8.30.